The minimum absolute atomic E-state index is 0.0620. The van der Waals surface area contributed by atoms with E-state index in [1.54, 1.807) is 0 Å². The van der Waals surface area contributed by atoms with Crippen LogP contribution in [0.15, 0.2) is 60.7 Å². The SMILES string of the molecule is O=C(NCc1ccccc1)C1CCCN(S(=O)(=O)CCCc2ccccc2)C1. The van der Waals surface area contributed by atoms with Crippen LogP contribution in [0.25, 0.3) is 0 Å². The van der Waals surface area contributed by atoms with E-state index in [0.29, 0.717) is 19.5 Å². The summed E-state index contributed by atoms with van der Waals surface area (Å²) < 4.78 is 26.9. The van der Waals surface area contributed by atoms with E-state index in [-0.39, 0.29) is 24.1 Å². The molecule has 5 nitrogen and oxygen atoms in total. The molecule has 1 aliphatic rings. The van der Waals surface area contributed by atoms with Crippen LogP contribution in [-0.4, -0.2) is 37.5 Å². The molecule has 1 aliphatic heterocycles. The first-order chi connectivity index (χ1) is 13.5. The number of benzene rings is 2. The maximum Gasteiger partial charge on any atom is 0.224 e. The summed E-state index contributed by atoms with van der Waals surface area (Å²) in [5.41, 5.74) is 2.19. The van der Waals surface area contributed by atoms with Gasteiger partial charge < -0.3 is 5.32 Å². The summed E-state index contributed by atoms with van der Waals surface area (Å²) in [7, 11) is -3.33. The highest BCUT2D eigenvalue weighted by Crippen LogP contribution is 2.20. The first kappa shape index (κ1) is 20.6. The molecule has 1 atom stereocenters. The molecular weight excluding hydrogens is 372 g/mol. The Morgan fingerprint density at radius 2 is 1.64 bits per heavy atom. The van der Waals surface area contributed by atoms with Crippen LogP contribution in [0.5, 0.6) is 0 Å². The van der Waals surface area contributed by atoms with Crippen molar-refractivity contribution in [3.8, 4) is 0 Å². The molecule has 2 aromatic carbocycles. The van der Waals surface area contributed by atoms with E-state index in [2.05, 4.69) is 5.32 Å². The van der Waals surface area contributed by atoms with Crippen LogP contribution in [0.2, 0.25) is 0 Å². The molecule has 2 aromatic rings. The van der Waals surface area contributed by atoms with Gasteiger partial charge in [0.25, 0.3) is 0 Å². The number of nitrogens with zero attached hydrogens (tertiary/aromatic N) is 1. The van der Waals surface area contributed by atoms with E-state index in [4.69, 9.17) is 0 Å². The predicted molar refractivity (Wildman–Crippen MR) is 111 cm³/mol. The Morgan fingerprint density at radius 3 is 2.32 bits per heavy atom. The second-order valence-corrected chi connectivity index (χ2v) is 9.39. The average Bonchev–Trinajstić information content (AvgIpc) is 2.73. The van der Waals surface area contributed by atoms with Crippen LogP contribution in [-0.2, 0) is 27.8 Å². The number of amides is 1. The smallest absolute Gasteiger partial charge is 0.224 e. The maximum atomic E-state index is 12.7. The van der Waals surface area contributed by atoms with Crippen molar-refractivity contribution >= 4 is 15.9 Å². The van der Waals surface area contributed by atoms with Crippen LogP contribution in [0.3, 0.4) is 0 Å². The van der Waals surface area contributed by atoms with Gasteiger partial charge in [0.1, 0.15) is 0 Å². The minimum Gasteiger partial charge on any atom is -0.352 e. The van der Waals surface area contributed by atoms with E-state index in [1.807, 2.05) is 60.7 Å². The van der Waals surface area contributed by atoms with Crippen molar-refractivity contribution in [2.45, 2.75) is 32.2 Å². The van der Waals surface area contributed by atoms with Gasteiger partial charge in [-0.25, -0.2) is 12.7 Å². The number of hydrogen-bond acceptors (Lipinski definition) is 3. The molecule has 1 N–H and O–H groups in total. The third-order valence-corrected chi connectivity index (χ3v) is 7.09. The molecule has 1 amide bonds. The number of carbonyl (C=O) groups is 1. The monoisotopic (exact) mass is 400 g/mol. The van der Waals surface area contributed by atoms with Crippen molar-refractivity contribution in [3.05, 3.63) is 71.8 Å². The Bertz CT molecular complexity index is 854. The molecule has 0 aliphatic carbocycles. The van der Waals surface area contributed by atoms with Crippen LogP contribution < -0.4 is 5.32 Å². The number of sulfonamides is 1. The van der Waals surface area contributed by atoms with Gasteiger partial charge in [-0.1, -0.05) is 60.7 Å². The average molecular weight is 401 g/mol. The quantitative estimate of drug-likeness (QED) is 0.741. The molecule has 1 fully saturated rings. The molecule has 0 saturated carbocycles. The first-order valence-electron chi connectivity index (χ1n) is 9.88. The Morgan fingerprint density at radius 1 is 1.00 bits per heavy atom. The zero-order chi connectivity index (χ0) is 19.8. The van der Waals surface area contributed by atoms with Gasteiger partial charge in [0.05, 0.1) is 11.7 Å². The molecule has 150 valence electrons. The zero-order valence-electron chi connectivity index (χ0n) is 16.1. The van der Waals surface area contributed by atoms with Crippen molar-refractivity contribution in [1.29, 1.82) is 0 Å². The molecule has 6 heteroatoms. The number of nitrogens with one attached hydrogen (secondary N) is 1. The van der Waals surface area contributed by atoms with Gasteiger partial charge in [0.2, 0.25) is 15.9 Å². The van der Waals surface area contributed by atoms with Gasteiger partial charge in [0.15, 0.2) is 0 Å². The molecule has 0 spiro atoms. The highest BCUT2D eigenvalue weighted by molar-refractivity contribution is 7.89. The molecule has 3 rings (SSSR count). The van der Waals surface area contributed by atoms with Gasteiger partial charge in [-0.2, -0.15) is 0 Å². The van der Waals surface area contributed by atoms with Crippen molar-refractivity contribution in [1.82, 2.24) is 9.62 Å². The number of aryl methyl sites for hydroxylation is 1. The van der Waals surface area contributed by atoms with E-state index in [1.165, 1.54) is 4.31 Å². The summed E-state index contributed by atoms with van der Waals surface area (Å²) in [5, 5.41) is 2.94. The topological polar surface area (TPSA) is 66.5 Å². The van der Waals surface area contributed by atoms with Gasteiger partial charge in [-0.3, -0.25) is 4.79 Å². The minimum atomic E-state index is -3.33. The lowest BCUT2D eigenvalue weighted by Gasteiger charge is -2.31. The first-order valence-corrected chi connectivity index (χ1v) is 11.5. The van der Waals surface area contributed by atoms with Crippen molar-refractivity contribution < 1.29 is 13.2 Å². The lowest BCUT2D eigenvalue weighted by molar-refractivity contribution is -0.126. The number of hydrogen-bond donors (Lipinski definition) is 1. The van der Waals surface area contributed by atoms with Crippen LogP contribution in [0.4, 0.5) is 0 Å². The molecular formula is C22H28N2O3S. The molecule has 1 unspecified atom stereocenters. The zero-order valence-corrected chi connectivity index (χ0v) is 16.9. The van der Waals surface area contributed by atoms with Gasteiger partial charge in [-0.15, -0.1) is 0 Å². The van der Waals surface area contributed by atoms with Crippen molar-refractivity contribution in [3.63, 3.8) is 0 Å². The van der Waals surface area contributed by atoms with Gasteiger partial charge in [0, 0.05) is 19.6 Å². The van der Waals surface area contributed by atoms with Crippen LogP contribution in [0.1, 0.15) is 30.4 Å². The summed E-state index contributed by atoms with van der Waals surface area (Å²) in [6.07, 6.45) is 2.79. The van der Waals surface area contributed by atoms with E-state index in [9.17, 15) is 13.2 Å². The normalized spacial score (nSPS) is 17.9. The lowest BCUT2D eigenvalue weighted by atomic mass is 9.99. The molecule has 0 radical (unpaired) electrons. The fourth-order valence-electron chi connectivity index (χ4n) is 3.57. The molecule has 0 bridgehead atoms. The fourth-order valence-corrected chi connectivity index (χ4v) is 5.15. The Balaban J connectivity index is 1.49. The molecule has 1 saturated heterocycles. The molecule has 28 heavy (non-hydrogen) atoms. The Kier molecular flexibility index (Phi) is 7.23. The number of piperidine rings is 1. The highest BCUT2D eigenvalue weighted by atomic mass is 32.2. The summed E-state index contributed by atoms with van der Waals surface area (Å²) in [5.74, 6) is -0.213. The molecule has 0 aromatic heterocycles. The van der Waals surface area contributed by atoms with Crippen LogP contribution in [0, 0.1) is 5.92 Å². The lowest BCUT2D eigenvalue weighted by Crippen LogP contribution is -2.46. The van der Waals surface area contributed by atoms with Crippen LogP contribution >= 0.6 is 0 Å². The fraction of sp³-hybridized carbons (Fsp3) is 0.409. The largest absolute Gasteiger partial charge is 0.352 e. The van der Waals surface area contributed by atoms with E-state index in [0.717, 1.165) is 30.4 Å². The second kappa shape index (κ2) is 9.85. The Hall–Kier alpha value is -2.18. The maximum absolute atomic E-state index is 12.7. The highest BCUT2D eigenvalue weighted by Gasteiger charge is 2.31. The van der Waals surface area contributed by atoms with Crippen molar-refractivity contribution in [2.75, 3.05) is 18.8 Å². The number of rotatable bonds is 8. The van der Waals surface area contributed by atoms with Gasteiger partial charge in [-0.05, 0) is 36.8 Å². The van der Waals surface area contributed by atoms with E-state index < -0.39 is 10.0 Å². The van der Waals surface area contributed by atoms with Crippen molar-refractivity contribution in [2.24, 2.45) is 5.92 Å². The summed E-state index contributed by atoms with van der Waals surface area (Å²) in [4.78, 5) is 12.5. The summed E-state index contributed by atoms with van der Waals surface area (Å²) in [6, 6.07) is 19.7. The summed E-state index contributed by atoms with van der Waals surface area (Å²) in [6.45, 7) is 1.27. The third-order valence-electron chi connectivity index (χ3n) is 5.17. The third kappa shape index (κ3) is 5.91. The number of carbonyl (C=O) groups excluding carboxylic acids is 1. The standard InChI is InChI=1S/C22H28N2O3S/c25-22(23-17-20-11-5-2-6-12-20)21-14-7-15-24(18-21)28(26,27)16-8-13-19-9-3-1-4-10-19/h1-6,9-12,21H,7-8,13-18H2,(H,23,25). The predicted octanol–water partition coefficient (Wildman–Crippen LogP) is 2.98. The van der Waals surface area contributed by atoms with Gasteiger partial charge >= 0.3 is 0 Å². The Labute approximate surface area is 167 Å². The molecule has 1 heterocycles. The van der Waals surface area contributed by atoms with E-state index >= 15 is 0 Å². The second-order valence-electron chi connectivity index (χ2n) is 7.31. The summed E-state index contributed by atoms with van der Waals surface area (Å²) >= 11 is 0.